The van der Waals surface area contributed by atoms with Gasteiger partial charge in [0.1, 0.15) is 0 Å². The van der Waals surface area contributed by atoms with Crippen molar-refractivity contribution in [3.63, 3.8) is 0 Å². The van der Waals surface area contributed by atoms with Crippen molar-refractivity contribution in [1.29, 1.82) is 0 Å². The van der Waals surface area contributed by atoms with Gasteiger partial charge < -0.3 is 0 Å². The number of rotatable bonds is 1. The van der Waals surface area contributed by atoms with Gasteiger partial charge in [-0.25, -0.2) is 0 Å². The van der Waals surface area contributed by atoms with E-state index in [0.29, 0.717) is 0 Å². The minimum Gasteiger partial charge on any atom is -0.145 e. The molecule has 0 N–H and O–H groups in total. The van der Waals surface area contributed by atoms with Crippen LogP contribution in [0.3, 0.4) is 0 Å². The van der Waals surface area contributed by atoms with Crippen molar-refractivity contribution in [1.82, 2.24) is 0 Å². The third kappa shape index (κ3) is 2.57. The van der Waals surface area contributed by atoms with Gasteiger partial charge in [0, 0.05) is 9.75 Å². The van der Waals surface area contributed by atoms with Crippen LogP contribution in [0.15, 0.2) is 6.07 Å². The Kier molecular flexibility index (Phi) is 4.51. The molecule has 13 heavy (non-hydrogen) atoms. The van der Waals surface area contributed by atoms with Gasteiger partial charge in [-0.2, -0.15) is 0 Å². The average Bonchev–Trinajstić information content (AvgIpc) is 2.63. The van der Waals surface area contributed by atoms with E-state index in [9.17, 15) is 0 Å². The van der Waals surface area contributed by atoms with E-state index in [1.165, 1.54) is 32.1 Å². The highest BCUT2D eigenvalue weighted by Crippen LogP contribution is 2.29. The van der Waals surface area contributed by atoms with E-state index in [0.717, 1.165) is 0 Å². The molecule has 0 fully saturated rings. The molecule has 1 heterocycles. The lowest BCUT2D eigenvalue weighted by Gasteiger charge is -2.08. The van der Waals surface area contributed by atoms with E-state index >= 15 is 0 Å². The van der Waals surface area contributed by atoms with Crippen LogP contribution in [0.4, 0.5) is 0 Å². The third-order valence-corrected chi connectivity index (χ3v) is 3.78. The maximum atomic E-state index is 2.42. The van der Waals surface area contributed by atoms with Crippen molar-refractivity contribution >= 4 is 11.3 Å². The van der Waals surface area contributed by atoms with Crippen molar-refractivity contribution < 1.29 is 0 Å². The maximum Gasteiger partial charge on any atom is 0.00801 e. The van der Waals surface area contributed by atoms with Gasteiger partial charge in [0.2, 0.25) is 0 Å². The van der Waals surface area contributed by atoms with Crippen LogP contribution >= 0.6 is 11.3 Å². The molecule has 0 saturated heterocycles. The molecule has 0 nitrogen and oxygen atoms in total. The first-order chi connectivity index (χ1) is 6.40. The molecular formula is C12H20S. The van der Waals surface area contributed by atoms with Crippen molar-refractivity contribution in [3.8, 4) is 0 Å². The molecule has 0 atom stereocenters. The lowest BCUT2D eigenvalue weighted by Crippen LogP contribution is -1.96. The van der Waals surface area contributed by atoms with Gasteiger partial charge in [0.25, 0.3) is 0 Å². The average molecular weight is 196 g/mol. The largest absolute Gasteiger partial charge is 0.145 e. The fourth-order valence-corrected chi connectivity index (χ4v) is 2.93. The summed E-state index contributed by atoms with van der Waals surface area (Å²) < 4.78 is 0. The summed E-state index contributed by atoms with van der Waals surface area (Å²) in [5, 5.41) is 0. The quantitative estimate of drug-likeness (QED) is 0.631. The zero-order chi connectivity index (χ0) is 9.68. The second kappa shape index (κ2) is 5.43. The Bertz CT molecular complexity index is 224. The van der Waals surface area contributed by atoms with Gasteiger partial charge >= 0.3 is 0 Å². The molecule has 74 valence electrons. The first-order valence-electron chi connectivity index (χ1n) is 5.50. The van der Waals surface area contributed by atoms with Crippen LogP contribution in [0.2, 0.25) is 0 Å². The first-order valence-corrected chi connectivity index (χ1v) is 6.32. The highest BCUT2D eigenvalue weighted by molar-refractivity contribution is 7.12. The predicted molar refractivity (Wildman–Crippen MR) is 61.7 cm³/mol. The molecule has 0 amide bonds. The molecular weight excluding hydrogens is 176 g/mol. The minimum atomic E-state index is 1.22. The Labute approximate surface area is 86.0 Å². The zero-order valence-corrected chi connectivity index (χ0v) is 9.84. The van der Waals surface area contributed by atoms with E-state index < -0.39 is 0 Å². The molecule has 0 bridgehead atoms. The normalized spacial score (nSPS) is 14.4. The Morgan fingerprint density at radius 1 is 1.23 bits per heavy atom. The lowest BCUT2D eigenvalue weighted by atomic mass is 9.99. The molecule has 1 heteroatoms. The predicted octanol–water partition coefficient (Wildman–Crippen LogP) is 4.22. The number of hydrogen-bond acceptors (Lipinski definition) is 1. The summed E-state index contributed by atoms with van der Waals surface area (Å²) in [5.74, 6) is 0. The topological polar surface area (TPSA) is 0 Å². The highest BCUT2D eigenvalue weighted by Gasteiger charge is 2.11. The molecule has 0 unspecified atom stereocenters. The van der Waals surface area contributed by atoms with Crippen LogP contribution in [0, 0.1) is 0 Å². The number of fused-ring (bicyclic) bond motifs is 1. The molecule has 0 aromatic carbocycles. The van der Waals surface area contributed by atoms with Crippen LogP contribution in [0.5, 0.6) is 0 Å². The molecule has 1 aliphatic rings. The summed E-state index contributed by atoms with van der Waals surface area (Å²) >= 11 is 2.04. The Morgan fingerprint density at radius 3 is 2.54 bits per heavy atom. The van der Waals surface area contributed by atoms with E-state index in [4.69, 9.17) is 0 Å². The van der Waals surface area contributed by atoms with Gasteiger partial charge in [-0.05, 0) is 43.7 Å². The molecule has 1 aromatic rings. The Balaban J connectivity index is 0.000000396. The highest BCUT2D eigenvalue weighted by atomic mass is 32.1. The standard InChI is InChI=1S/C10H14S.C2H6/c1-2-9-7-8-5-3-4-6-10(8)11-9;1-2/h7H,2-6H2,1H3;1-2H3. The van der Waals surface area contributed by atoms with E-state index in [-0.39, 0.29) is 0 Å². The maximum absolute atomic E-state index is 2.42. The van der Waals surface area contributed by atoms with Crippen LogP contribution in [0.1, 0.15) is 48.9 Å². The van der Waals surface area contributed by atoms with Crippen LogP contribution < -0.4 is 0 Å². The SMILES string of the molecule is CC.CCc1cc2c(s1)CCCC2. The first kappa shape index (κ1) is 10.8. The molecule has 1 aliphatic carbocycles. The molecule has 1 aromatic heterocycles. The van der Waals surface area contributed by atoms with Gasteiger partial charge in [-0.1, -0.05) is 20.8 Å². The zero-order valence-electron chi connectivity index (χ0n) is 9.02. The summed E-state index contributed by atoms with van der Waals surface area (Å²) in [6.07, 6.45) is 6.73. The van der Waals surface area contributed by atoms with E-state index in [1.54, 1.807) is 15.3 Å². The Hall–Kier alpha value is -0.300. The molecule has 2 rings (SSSR count). The van der Waals surface area contributed by atoms with Crippen LogP contribution in [-0.2, 0) is 19.3 Å². The lowest BCUT2D eigenvalue weighted by molar-refractivity contribution is 0.697. The van der Waals surface area contributed by atoms with Gasteiger partial charge in [-0.15, -0.1) is 11.3 Å². The van der Waals surface area contributed by atoms with E-state index in [1.807, 2.05) is 25.2 Å². The van der Waals surface area contributed by atoms with Crippen molar-refractivity contribution in [3.05, 3.63) is 21.4 Å². The summed E-state index contributed by atoms with van der Waals surface area (Å²) in [7, 11) is 0. The molecule has 0 spiro atoms. The fourth-order valence-electron chi connectivity index (χ4n) is 1.73. The second-order valence-corrected chi connectivity index (χ2v) is 4.44. The van der Waals surface area contributed by atoms with Gasteiger partial charge in [0.05, 0.1) is 0 Å². The second-order valence-electron chi connectivity index (χ2n) is 3.22. The van der Waals surface area contributed by atoms with Gasteiger partial charge in [-0.3, -0.25) is 0 Å². The Morgan fingerprint density at radius 2 is 1.92 bits per heavy atom. The van der Waals surface area contributed by atoms with Crippen LogP contribution in [-0.4, -0.2) is 0 Å². The van der Waals surface area contributed by atoms with Crippen molar-refractivity contribution in [2.45, 2.75) is 52.9 Å². The van der Waals surface area contributed by atoms with E-state index in [2.05, 4.69) is 13.0 Å². The summed E-state index contributed by atoms with van der Waals surface area (Å²) in [5.41, 5.74) is 1.65. The number of aryl methyl sites for hydroxylation is 3. The fraction of sp³-hybridized carbons (Fsp3) is 0.667. The molecule has 0 radical (unpaired) electrons. The summed E-state index contributed by atoms with van der Waals surface area (Å²) in [4.78, 5) is 3.25. The number of hydrogen-bond donors (Lipinski definition) is 0. The van der Waals surface area contributed by atoms with Crippen molar-refractivity contribution in [2.24, 2.45) is 0 Å². The van der Waals surface area contributed by atoms with Gasteiger partial charge in [0.15, 0.2) is 0 Å². The summed E-state index contributed by atoms with van der Waals surface area (Å²) in [6.45, 7) is 6.25. The molecule has 0 saturated carbocycles. The molecule has 0 aliphatic heterocycles. The smallest absolute Gasteiger partial charge is 0.00801 e. The monoisotopic (exact) mass is 196 g/mol. The third-order valence-electron chi connectivity index (χ3n) is 2.40. The minimum absolute atomic E-state index is 1.22. The number of thiophene rings is 1. The van der Waals surface area contributed by atoms with Crippen LogP contribution in [0.25, 0.3) is 0 Å². The van der Waals surface area contributed by atoms with Crippen molar-refractivity contribution in [2.75, 3.05) is 0 Å². The summed E-state index contributed by atoms with van der Waals surface area (Å²) in [6, 6.07) is 2.42.